The van der Waals surface area contributed by atoms with Crippen LogP contribution in [0.15, 0.2) is 42.5 Å². The molecule has 9 heteroatoms. The van der Waals surface area contributed by atoms with Crippen LogP contribution in [0.25, 0.3) is 0 Å². The van der Waals surface area contributed by atoms with Gasteiger partial charge in [-0.05, 0) is 30.3 Å². The fraction of sp³-hybridized carbons (Fsp3) is 0.125. The van der Waals surface area contributed by atoms with Crippen molar-refractivity contribution in [1.29, 1.82) is 0 Å². The van der Waals surface area contributed by atoms with Gasteiger partial charge in [0.25, 0.3) is 5.91 Å². The molecule has 2 aromatic rings. The second-order valence-corrected chi connectivity index (χ2v) is 5.17. The molecule has 1 amide bonds. The molecule has 6 nitrogen and oxygen atoms in total. The van der Waals surface area contributed by atoms with Crippen LogP contribution >= 0.6 is 11.6 Å². The highest BCUT2D eigenvalue weighted by atomic mass is 35.5. The van der Waals surface area contributed by atoms with Crippen LogP contribution in [0.4, 0.5) is 20.2 Å². The van der Waals surface area contributed by atoms with Crippen molar-refractivity contribution in [2.24, 2.45) is 0 Å². The van der Waals surface area contributed by atoms with Crippen molar-refractivity contribution in [2.45, 2.75) is 6.61 Å². The van der Waals surface area contributed by atoms with Crippen molar-refractivity contribution < 1.29 is 27.8 Å². The molecule has 0 aliphatic rings. The first-order chi connectivity index (χ1) is 11.9. The summed E-state index contributed by atoms with van der Waals surface area (Å²) >= 11 is 5.73. The molecule has 0 atom stereocenters. The lowest BCUT2D eigenvalue weighted by atomic mass is 10.2. The predicted molar refractivity (Wildman–Crippen MR) is 87.9 cm³/mol. The summed E-state index contributed by atoms with van der Waals surface area (Å²) in [5, 5.41) is 2.67. The van der Waals surface area contributed by atoms with Crippen molar-refractivity contribution in [2.75, 3.05) is 17.7 Å². The lowest BCUT2D eigenvalue weighted by Crippen LogP contribution is -2.22. The maximum Gasteiger partial charge on any atom is 0.387 e. The zero-order chi connectivity index (χ0) is 18.4. The third-order valence-electron chi connectivity index (χ3n) is 2.95. The number of benzene rings is 2. The third-order valence-corrected chi connectivity index (χ3v) is 3.18. The van der Waals surface area contributed by atoms with Gasteiger partial charge in [-0.15, -0.1) is 0 Å². The number of esters is 1. The average molecular weight is 371 g/mol. The summed E-state index contributed by atoms with van der Waals surface area (Å²) in [7, 11) is 0. The molecule has 0 bridgehead atoms. The number of hydrogen-bond donors (Lipinski definition) is 2. The second kappa shape index (κ2) is 8.29. The number of hydrogen-bond acceptors (Lipinski definition) is 5. The number of halogens is 3. The minimum atomic E-state index is -3.04. The van der Waals surface area contributed by atoms with Gasteiger partial charge in [0.2, 0.25) is 0 Å². The Hall–Kier alpha value is -2.87. The summed E-state index contributed by atoms with van der Waals surface area (Å²) < 4.78 is 33.8. The molecule has 0 aromatic heterocycles. The first-order valence-electron chi connectivity index (χ1n) is 6.92. The van der Waals surface area contributed by atoms with Crippen LogP contribution in [0.3, 0.4) is 0 Å². The van der Waals surface area contributed by atoms with E-state index in [0.717, 1.165) is 0 Å². The van der Waals surface area contributed by atoms with Gasteiger partial charge in [0, 0.05) is 10.7 Å². The average Bonchev–Trinajstić information content (AvgIpc) is 2.54. The minimum Gasteiger partial charge on any atom is -0.452 e. The molecular formula is C16H13ClF2N2O4. The van der Waals surface area contributed by atoms with E-state index in [-0.39, 0.29) is 22.7 Å². The normalized spacial score (nSPS) is 10.4. The first-order valence-corrected chi connectivity index (χ1v) is 7.30. The van der Waals surface area contributed by atoms with Crippen molar-refractivity contribution in [3.63, 3.8) is 0 Å². The van der Waals surface area contributed by atoms with E-state index < -0.39 is 25.1 Å². The molecule has 0 aliphatic carbocycles. The van der Waals surface area contributed by atoms with Gasteiger partial charge >= 0.3 is 12.6 Å². The number of ether oxygens (including phenoxy) is 2. The molecule has 0 unspecified atom stereocenters. The lowest BCUT2D eigenvalue weighted by Gasteiger charge is -2.12. The minimum absolute atomic E-state index is 0.0230. The number of alkyl halides is 2. The SMILES string of the molecule is Nc1cc(Cl)ccc1C(=O)OCC(=O)Nc1ccccc1OC(F)F. The van der Waals surface area contributed by atoms with Gasteiger partial charge in [0.05, 0.1) is 11.3 Å². The van der Waals surface area contributed by atoms with Crippen molar-refractivity contribution in [3.05, 3.63) is 53.1 Å². The van der Waals surface area contributed by atoms with E-state index in [4.69, 9.17) is 22.1 Å². The van der Waals surface area contributed by atoms with E-state index in [2.05, 4.69) is 10.1 Å². The van der Waals surface area contributed by atoms with Crippen molar-refractivity contribution in [3.8, 4) is 5.75 Å². The number of para-hydroxylation sites is 2. The number of amides is 1. The molecule has 0 saturated carbocycles. The molecule has 132 valence electrons. The largest absolute Gasteiger partial charge is 0.452 e. The van der Waals surface area contributed by atoms with Crippen LogP contribution in [0.1, 0.15) is 10.4 Å². The monoisotopic (exact) mass is 370 g/mol. The van der Waals surface area contributed by atoms with E-state index in [1.807, 2.05) is 0 Å². The number of nitrogens with one attached hydrogen (secondary N) is 1. The van der Waals surface area contributed by atoms with Crippen LogP contribution in [0.2, 0.25) is 5.02 Å². The molecule has 0 aliphatic heterocycles. The van der Waals surface area contributed by atoms with Gasteiger partial charge in [-0.25, -0.2) is 4.79 Å². The zero-order valence-electron chi connectivity index (χ0n) is 12.7. The van der Waals surface area contributed by atoms with Gasteiger partial charge in [-0.1, -0.05) is 23.7 Å². The Kier molecular flexibility index (Phi) is 6.13. The van der Waals surface area contributed by atoms with Crippen LogP contribution in [-0.4, -0.2) is 25.1 Å². The van der Waals surface area contributed by atoms with Crippen LogP contribution in [-0.2, 0) is 9.53 Å². The second-order valence-electron chi connectivity index (χ2n) is 4.73. The Balaban J connectivity index is 1.96. The Morgan fingerprint density at radius 2 is 1.92 bits per heavy atom. The van der Waals surface area contributed by atoms with E-state index in [1.54, 1.807) is 0 Å². The van der Waals surface area contributed by atoms with Gasteiger partial charge in [-0.2, -0.15) is 8.78 Å². The van der Waals surface area contributed by atoms with Crippen LogP contribution < -0.4 is 15.8 Å². The molecule has 0 spiro atoms. The summed E-state index contributed by atoms with van der Waals surface area (Å²) in [6, 6.07) is 9.81. The van der Waals surface area contributed by atoms with E-state index in [9.17, 15) is 18.4 Å². The molecule has 2 aromatic carbocycles. The topological polar surface area (TPSA) is 90.7 Å². The van der Waals surface area contributed by atoms with Crippen molar-refractivity contribution in [1.82, 2.24) is 0 Å². The fourth-order valence-electron chi connectivity index (χ4n) is 1.88. The summed E-state index contributed by atoms with van der Waals surface area (Å²) in [5.41, 5.74) is 5.83. The molecular weight excluding hydrogens is 358 g/mol. The number of nitrogen functional groups attached to an aromatic ring is 1. The van der Waals surface area contributed by atoms with Gasteiger partial charge in [0.1, 0.15) is 5.75 Å². The summed E-state index contributed by atoms with van der Waals surface area (Å²) in [4.78, 5) is 23.7. The highest BCUT2D eigenvalue weighted by molar-refractivity contribution is 6.31. The van der Waals surface area contributed by atoms with Crippen molar-refractivity contribution >= 4 is 34.9 Å². The molecule has 0 saturated heterocycles. The summed E-state index contributed by atoms with van der Waals surface area (Å²) in [5.74, 6) is -1.76. The summed E-state index contributed by atoms with van der Waals surface area (Å²) in [6.07, 6.45) is 0. The van der Waals surface area contributed by atoms with E-state index in [1.165, 1.54) is 42.5 Å². The summed E-state index contributed by atoms with van der Waals surface area (Å²) in [6.45, 7) is -3.67. The Morgan fingerprint density at radius 1 is 1.20 bits per heavy atom. The van der Waals surface area contributed by atoms with Crippen LogP contribution in [0.5, 0.6) is 5.75 Å². The number of rotatable bonds is 6. The molecule has 2 rings (SSSR count). The first kappa shape index (κ1) is 18.5. The maximum absolute atomic E-state index is 12.3. The molecule has 0 radical (unpaired) electrons. The standard InChI is InChI=1S/C16H13ClF2N2O4/c17-9-5-6-10(11(20)7-9)15(23)24-8-14(22)21-12-3-1-2-4-13(12)25-16(18)19/h1-7,16H,8,20H2,(H,21,22). The number of carbonyl (C=O) groups is 2. The number of anilines is 2. The van der Waals surface area contributed by atoms with Gasteiger partial charge in [-0.3, -0.25) is 4.79 Å². The molecule has 0 heterocycles. The Morgan fingerprint density at radius 3 is 2.60 bits per heavy atom. The fourth-order valence-corrected chi connectivity index (χ4v) is 2.06. The molecule has 0 fully saturated rings. The maximum atomic E-state index is 12.3. The molecule has 3 N–H and O–H groups in total. The number of nitrogens with two attached hydrogens (primary N) is 1. The van der Waals surface area contributed by atoms with Gasteiger partial charge < -0.3 is 20.5 Å². The van der Waals surface area contributed by atoms with E-state index in [0.29, 0.717) is 5.02 Å². The highest BCUT2D eigenvalue weighted by Gasteiger charge is 2.15. The van der Waals surface area contributed by atoms with Gasteiger partial charge in [0.15, 0.2) is 6.61 Å². The zero-order valence-corrected chi connectivity index (χ0v) is 13.4. The quantitative estimate of drug-likeness (QED) is 0.601. The van der Waals surface area contributed by atoms with E-state index >= 15 is 0 Å². The number of carbonyl (C=O) groups excluding carboxylic acids is 2. The molecule has 25 heavy (non-hydrogen) atoms. The Bertz CT molecular complexity index is 786. The van der Waals surface area contributed by atoms with Crippen LogP contribution in [0, 0.1) is 0 Å². The Labute approximate surface area is 146 Å². The lowest BCUT2D eigenvalue weighted by molar-refractivity contribution is -0.119. The smallest absolute Gasteiger partial charge is 0.387 e. The predicted octanol–water partition coefficient (Wildman–Crippen LogP) is 3.32. The third kappa shape index (κ3) is 5.32. The highest BCUT2D eigenvalue weighted by Crippen LogP contribution is 2.25.